The van der Waals surface area contributed by atoms with Gasteiger partial charge in [0.05, 0.1) is 6.61 Å². The van der Waals surface area contributed by atoms with Gasteiger partial charge in [0.1, 0.15) is 0 Å². The highest BCUT2D eigenvalue weighted by Crippen LogP contribution is 2.27. The van der Waals surface area contributed by atoms with E-state index in [4.69, 9.17) is 0 Å². The van der Waals surface area contributed by atoms with Crippen LogP contribution in [0.1, 0.15) is 59.3 Å². The van der Waals surface area contributed by atoms with Crippen molar-refractivity contribution < 1.29 is 5.11 Å². The van der Waals surface area contributed by atoms with Gasteiger partial charge in [0.2, 0.25) is 0 Å². The van der Waals surface area contributed by atoms with Crippen molar-refractivity contribution >= 4 is 0 Å². The van der Waals surface area contributed by atoms with Gasteiger partial charge >= 0.3 is 0 Å². The molecule has 2 N–H and O–H groups in total. The van der Waals surface area contributed by atoms with Crippen LogP contribution >= 0.6 is 0 Å². The molecule has 3 atom stereocenters. The molecule has 0 radical (unpaired) electrons. The fourth-order valence-electron chi connectivity index (χ4n) is 3.19. The molecule has 1 rings (SSSR count). The molecule has 0 aromatic carbocycles. The van der Waals surface area contributed by atoms with Crippen molar-refractivity contribution in [1.82, 2.24) is 10.2 Å². The molecule has 3 unspecified atom stereocenters. The molecule has 1 saturated carbocycles. The first-order chi connectivity index (χ1) is 9.02. The molecule has 114 valence electrons. The first-order valence-corrected chi connectivity index (χ1v) is 8.08. The highest BCUT2D eigenvalue weighted by Gasteiger charge is 2.27. The minimum Gasteiger partial charge on any atom is -0.394 e. The summed E-state index contributed by atoms with van der Waals surface area (Å²) >= 11 is 0. The van der Waals surface area contributed by atoms with Crippen LogP contribution in [-0.4, -0.2) is 48.3 Å². The molecule has 3 nitrogen and oxygen atoms in total. The van der Waals surface area contributed by atoms with Crippen LogP contribution in [0, 0.1) is 5.92 Å². The maximum atomic E-state index is 9.61. The van der Waals surface area contributed by atoms with Crippen LogP contribution in [0.2, 0.25) is 0 Å². The third-order valence-corrected chi connectivity index (χ3v) is 4.80. The van der Waals surface area contributed by atoms with Crippen LogP contribution in [0.15, 0.2) is 0 Å². The van der Waals surface area contributed by atoms with Crippen molar-refractivity contribution in [2.75, 3.05) is 26.7 Å². The molecular formula is C16H34N2O. The predicted octanol–water partition coefficient (Wildman–Crippen LogP) is 2.64. The summed E-state index contributed by atoms with van der Waals surface area (Å²) in [7, 11) is 2.25. The number of aliphatic hydroxyl groups excluding tert-OH is 1. The average molecular weight is 270 g/mol. The number of rotatable bonds is 8. The van der Waals surface area contributed by atoms with Crippen molar-refractivity contribution in [3.05, 3.63) is 0 Å². The topological polar surface area (TPSA) is 35.5 Å². The van der Waals surface area contributed by atoms with Gasteiger partial charge in [0.15, 0.2) is 0 Å². The number of hydrogen-bond donors (Lipinski definition) is 2. The Morgan fingerprint density at radius 2 is 2.00 bits per heavy atom. The summed E-state index contributed by atoms with van der Waals surface area (Å²) in [4.78, 5) is 2.52. The van der Waals surface area contributed by atoms with Crippen LogP contribution in [0.4, 0.5) is 0 Å². The van der Waals surface area contributed by atoms with Gasteiger partial charge in [0.25, 0.3) is 0 Å². The number of hydrogen-bond acceptors (Lipinski definition) is 3. The molecule has 0 spiro atoms. The molecule has 19 heavy (non-hydrogen) atoms. The quantitative estimate of drug-likeness (QED) is 0.712. The van der Waals surface area contributed by atoms with E-state index in [1.807, 2.05) is 0 Å². The average Bonchev–Trinajstić information content (AvgIpc) is 2.43. The van der Waals surface area contributed by atoms with Crippen LogP contribution < -0.4 is 5.32 Å². The van der Waals surface area contributed by atoms with Gasteiger partial charge in [-0.2, -0.15) is 0 Å². The standard InChI is InChI=1S/C16H34N2O/c1-5-11-17-16(3,13-19)10-12-18(4)15-9-7-6-8-14(15)2/h14-15,17,19H,5-13H2,1-4H3. The minimum absolute atomic E-state index is 0.123. The van der Waals surface area contributed by atoms with E-state index in [2.05, 4.69) is 38.0 Å². The maximum absolute atomic E-state index is 9.61. The third-order valence-electron chi connectivity index (χ3n) is 4.80. The van der Waals surface area contributed by atoms with Crippen molar-refractivity contribution in [3.63, 3.8) is 0 Å². The van der Waals surface area contributed by atoms with Gasteiger partial charge in [-0.3, -0.25) is 0 Å². The van der Waals surface area contributed by atoms with Gasteiger partial charge < -0.3 is 15.3 Å². The van der Waals surface area contributed by atoms with Gasteiger partial charge in [-0.05, 0) is 58.7 Å². The largest absolute Gasteiger partial charge is 0.394 e. The minimum atomic E-state index is -0.123. The summed E-state index contributed by atoms with van der Waals surface area (Å²) in [6.07, 6.45) is 7.63. The Balaban J connectivity index is 2.40. The summed E-state index contributed by atoms with van der Waals surface area (Å²) in [5.41, 5.74) is -0.123. The van der Waals surface area contributed by atoms with E-state index >= 15 is 0 Å². The van der Waals surface area contributed by atoms with Crippen molar-refractivity contribution in [1.29, 1.82) is 0 Å². The van der Waals surface area contributed by atoms with Crippen LogP contribution in [-0.2, 0) is 0 Å². The lowest BCUT2D eigenvalue weighted by atomic mass is 9.84. The van der Waals surface area contributed by atoms with E-state index in [1.165, 1.54) is 25.7 Å². The zero-order chi connectivity index (χ0) is 14.3. The molecule has 0 amide bonds. The Hall–Kier alpha value is -0.120. The number of nitrogens with one attached hydrogen (secondary N) is 1. The van der Waals surface area contributed by atoms with Gasteiger partial charge in [-0.15, -0.1) is 0 Å². The molecule has 0 saturated heterocycles. The molecule has 0 aromatic rings. The third kappa shape index (κ3) is 5.41. The van der Waals surface area contributed by atoms with Gasteiger partial charge in [0, 0.05) is 11.6 Å². The second kappa shape index (κ2) is 8.23. The lowest BCUT2D eigenvalue weighted by Gasteiger charge is -2.38. The number of aliphatic hydroxyl groups is 1. The maximum Gasteiger partial charge on any atom is 0.0611 e. The molecule has 1 fully saturated rings. The lowest BCUT2D eigenvalue weighted by molar-refractivity contribution is 0.107. The van der Waals surface area contributed by atoms with E-state index < -0.39 is 0 Å². The second-order valence-electron chi connectivity index (χ2n) is 6.71. The SMILES string of the molecule is CCCNC(C)(CO)CCN(C)C1CCCCC1C. The van der Waals surface area contributed by atoms with Gasteiger partial charge in [-0.25, -0.2) is 0 Å². The molecular weight excluding hydrogens is 236 g/mol. The summed E-state index contributed by atoms with van der Waals surface area (Å²) in [5.74, 6) is 0.822. The molecule has 0 bridgehead atoms. The lowest BCUT2D eigenvalue weighted by Crippen LogP contribution is -2.49. The normalized spacial score (nSPS) is 27.5. The molecule has 3 heteroatoms. The van der Waals surface area contributed by atoms with Crippen molar-refractivity contribution in [2.45, 2.75) is 70.9 Å². The first-order valence-electron chi connectivity index (χ1n) is 8.08. The van der Waals surface area contributed by atoms with Crippen LogP contribution in [0.5, 0.6) is 0 Å². The Morgan fingerprint density at radius 1 is 1.32 bits per heavy atom. The van der Waals surface area contributed by atoms with Crippen LogP contribution in [0.25, 0.3) is 0 Å². The van der Waals surface area contributed by atoms with E-state index in [0.29, 0.717) is 0 Å². The Bertz CT molecular complexity index is 247. The zero-order valence-electron chi connectivity index (χ0n) is 13.4. The molecule has 0 aromatic heterocycles. The molecule has 1 aliphatic rings. The monoisotopic (exact) mass is 270 g/mol. The Morgan fingerprint density at radius 3 is 2.58 bits per heavy atom. The first kappa shape index (κ1) is 16.9. The zero-order valence-corrected chi connectivity index (χ0v) is 13.4. The van der Waals surface area contributed by atoms with E-state index in [-0.39, 0.29) is 12.1 Å². The van der Waals surface area contributed by atoms with E-state index in [0.717, 1.165) is 37.9 Å². The second-order valence-corrected chi connectivity index (χ2v) is 6.71. The van der Waals surface area contributed by atoms with Crippen LogP contribution in [0.3, 0.4) is 0 Å². The summed E-state index contributed by atoms with van der Waals surface area (Å²) in [6, 6.07) is 0.739. The summed E-state index contributed by atoms with van der Waals surface area (Å²) in [6.45, 7) is 8.98. The highest BCUT2D eigenvalue weighted by atomic mass is 16.3. The Labute approximate surface area is 119 Å². The van der Waals surface area contributed by atoms with Crippen molar-refractivity contribution in [2.24, 2.45) is 5.92 Å². The molecule has 1 aliphatic carbocycles. The highest BCUT2D eigenvalue weighted by molar-refractivity contribution is 4.85. The summed E-state index contributed by atoms with van der Waals surface area (Å²) < 4.78 is 0. The number of nitrogens with zero attached hydrogens (tertiary/aromatic N) is 1. The smallest absolute Gasteiger partial charge is 0.0611 e. The molecule has 0 heterocycles. The van der Waals surface area contributed by atoms with E-state index in [1.54, 1.807) is 0 Å². The van der Waals surface area contributed by atoms with E-state index in [9.17, 15) is 5.11 Å². The summed E-state index contributed by atoms with van der Waals surface area (Å²) in [5, 5.41) is 13.1. The van der Waals surface area contributed by atoms with Crippen molar-refractivity contribution in [3.8, 4) is 0 Å². The predicted molar refractivity (Wildman–Crippen MR) is 82.5 cm³/mol. The fraction of sp³-hybridized carbons (Fsp3) is 1.00. The fourth-order valence-corrected chi connectivity index (χ4v) is 3.19. The molecule has 0 aliphatic heterocycles. The Kier molecular flexibility index (Phi) is 7.33. The van der Waals surface area contributed by atoms with Gasteiger partial charge in [-0.1, -0.05) is 26.7 Å².